The number of aliphatic hydroxyl groups excluding tert-OH is 2. The number of alkyl carbamates (subject to hydrolysis) is 1. The molecule has 0 aromatic heterocycles. The van der Waals surface area contributed by atoms with Crippen LogP contribution in [0.3, 0.4) is 0 Å². The van der Waals surface area contributed by atoms with E-state index in [9.17, 15) is 19.8 Å². The molecule has 0 saturated carbocycles. The smallest absolute Gasteiger partial charge is 0.407 e. The number of aliphatic hydroxyl groups is 2. The number of amides is 2. The zero-order valence-corrected chi connectivity index (χ0v) is 21.3. The third kappa shape index (κ3) is 8.81. The molecular weight excluding hydrogens is 456 g/mol. The normalized spacial score (nSPS) is 19.8. The fraction of sp³-hybridized carbons (Fsp3) is 0.448. The van der Waals surface area contributed by atoms with Crippen molar-refractivity contribution in [1.82, 2.24) is 10.6 Å². The third-order valence-electron chi connectivity index (χ3n) is 6.13. The molecule has 0 fully saturated rings. The number of carbonyl (C=O) groups excluding carboxylic acids is 2. The lowest BCUT2D eigenvalue weighted by Gasteiger charge is -2.29. The lowest BCUT2D eigenvalue weighted by atomic mass is 9.88. The molecule has 7 heteroatoms. The molecule has 0 radical (unpaired) electrons. The average Bonchev–Trinajstić information content (AvgIpc) is 3.22. The Bertz CT molecular complexity index is 1000. The van der Waals surface area contributed by atoms with Gasteiger partial charge in [-0.1, -0.05) is 72.8 Å². The minimum Gasteiger partial charge on any atom is -0.444 e. The van der Waals surface area contributed by atoms with E-state index in [0.29, 0.717) is 19.3 Å². The first-order chi connectivity index (χ1) is 17.1. The monoisotopic (exact) mass is 494 g/mol. The van der Waals surface area contributed by atoms with E-state index in [1.54, 1.807) is 26.8 Å². The largest absolute Gasteiger partial charge is 0.444 e. The van der Waals surface area contributed by atoms with E-state index in [4.69, 9.17) is 4.74 Å². The predicted molar refractivity (Wildman–Crippen MR) is 139 cm³/mol. The van der Waals surface area contributed by atoms with Crippen LogP contribution < -0.4 is 10.6 Å². The Hall–Kier alpha value is -3.16. The molecule has 1 aliphatic rings. The van der Waals surface area contributed by atoms with Gasteiger partial charge in [0.1, 0.15) is 5.60 Å². The Kier molecular flexibility index (Phi) is 9.67. The van der Waals surface area contributed by atoms with Gasteiger partial charge in [0.25, 0.3) is 0 Å². The third-order valence-corrected chi connectivity index (χ3v) is 6.13. The Morgan fingerprint density at radius 3 is 2.11 bits per heavy atom. The van der Waals surface area contributed by atoms with Gasteiger partial charge in [-0.25, -0.2) is 4.79 Å². The lowest BCUT2D eigenvalue weighted by molar-refractivity contribution is -0.127. The van der Waals surface area contributed by atoms with Crippen molar-refractivity contribution in [2.75, 3.05) is 0 Å². The summed E-state index contributed by atoms with van der Waals surface area (Å²) in [7, 11) is 0. The Balaban J connectivity index is 1.78. The van der Waals surface area contributed by atoms with Gasteiger partial charge >= 0.3 is 6.09 Å². The standard InChI is InChI=1S/C29H38N2O5/c1-29(2,3)36-28(35)31-24(18-21-13-8-5-9-14-21)26(33)19-22(17-20-11-6-4-7-12-20)27(34)30-23-15-10-16-25(23)32/h4-15,22-26,32-33H,16-19H2,1-3H3,(H,30,34)(H,31,35)/t22-,23-,24+,25-,26+/m1/s1. The maximum Gasteiger partial charge on any atom is 0.407 e. The van der Waals surface area contributed by atoms with Gasteiger partial charge in [0.15, 0.2) is 0 Å². The second-order valence-corrected chi connectivity index (χ2v) is 10.4. The average molecular weight is 495 g/mol. The van der Waals surface area contributed by atoms with E-state index in [1.165, 1.54) is 0 Å². The summed E-state index contributed by atoms with van der Waals surface area (Å²) in [6.45, 7) is 5.34. The highest BCUT2D eigenvalue weighted by Crippen LogP contribution is 2.21. The van der Waals surface area contributed by atoms with E-state index < -0.39 is 41.9 Å². The van der Waals surface area contributed by atoms with Crippen LogP contribution in [0, 0.1) is 5.92 Å². The maximum absolute atomic E-state index is 13.3. The number of nitrogens with one attached hydrogen (secondary N) is 2. The summed E-state index contributed by atoms with van der Waals surface area (Å²) in [6, 6.07) is 18.1. The van der Waals surface area contributed by atoms with Crippen molar-refractivity contribution < 1.29 is 24.5 Å². The van der Waals surface area contributed by atoms with Crippen LogP contribution in [0.4, 0.5) is 4.79 Å². The highest BCUT2D eigenvalue weighted by atomic mass is 16.6. The number of carbonyl (C=O) groups is 2. The minimum atomic E-state index is -1.01. The first-order valence-electron chi connectivity index (χ1n) is 12.5. The number of rotatable bonds is 10. The summed E-state index contributed by atoms with van der Waals surface area (Å²) in [5, 5.41) is 27.2. The van der Waals surface area contributed by atoms with Gasteiger partial charge in [-0.3, -0.25) is 4.79 Å². The summed E-state index contributed by atoms with van der Waals surface area (Å²) in [5.41, 5.74) is 1.23. The SMILES string of the molecule is CC(C)(C)OC(=O)N[C@@H](Cc1ccccc1)[C@@H](O)C[C@@H](Cc1ccccc1)C(=O)N[C@@H]1C=CC[C@H]1O. The van der Waals surface area contributed by atoms with Gasteiger partial charge in [-0.15, -0.1) is 0 Å². The quantitative estimate of drug-likeness (QED) is 0.378. The second kappa shape index (κ2) is 12.7. The zero-order valence-electron chi connectivity index (χ0n) is 21.3. The van der Waals surface area contributed by atoms with Crippen LogP contribution in [0.15, 0.2) is 72.8 Å². The Morgan fingerprint density at radius 2 is 1.58 bits per heavy atom. The topological polar surface area (TPSA) is 108 Å². The summed E-state index contributed by atoms with van der Waals surface area (Å²) in [5.74, 6) is -0.813. The molecule has 5 atom stereocenters. The van der Waals surface area contributed by atoms with Gasteiger partial charge in [0, 0.05) is 5.92 Å². The molecule has 3 rings (SSSR count). The summed E-state index contributed by atoms with van der Waals surface area (Å²) < 4.78 is 5.43. The van der Waals surface area contributed by atoms with Crippen LogP contribution in [-0.4, -0.2) is 52.1 Å². The van der Waals surface area contributed by atoms with E-state index in [1.807, 2.05) is 66.7 Å². The van der Waals surface area contributed by atoms with Crippen molar-refractivity contribution in [2.24, 2.45) is 5.92 Å². The fourth-order valence-corrected chi connectivity index (χ4v) is 4.31. The maximum atomic E-state index is 13.3. The Morgan fingerprint density at radius 1 is 1.00 bits per heavy atom. The molecule has 0 bridgehead atoms. The number of benzene rings is 2. The molecule has 2 amide bonds. The molecule has 7 nitrogen and oxygen atoms in total. The van der Waals surface area contributed by atoms with E-state index >= 15 is 0 Å². The molecule has 2 aromatic rings. The number of ether oxygens (including phenoxy) is 1. The molecular formula is C29H38N2O5. The first kappa shape index (κ1) is 27.4. The predicted octanol–water partition coefficient (Wildman–Crippen LogP) is 3.54. The molecule has 0 aliphatic heterocycles. The van der Waals surface area contributed by atoms with Crippen molar-refractivity contribution in [3.05, 3.63) is 83.9 Å². The van der Waals surface area contributed by atoms with Crippen LogP contribution in [0.5, 0.6) is 0 Å². The van der Waals surface area contributed by atoms with Crippen LogP contribution in [-0.2, 0) is 22.4 Å². The van der Waals surface area contributed by atoms with Crippen molar-refractivity contribution >= 4 is 12.0 Å². The van der Waals surface area contributed by atoms with Gasteiger partial charge in [0.2, 0.25) is 5.91 Å². The molecule has 36 heavy (non-hydrogen) atoms. The van der Waals surface area contributed by atoms with E-state index in [2.05, 4.69) is 10.6 Å². The molecule has 0 heterocycles. The summed E-state index contributed by atoms with van der Waals surface area (Å²) in [6.07, 6.45) is 2.77. The highest BCUT2D eigenvalue weighted by molar-refractivity contribution is 5.79. The molecule has 194 valence electrons. The van der Waals surface area contributed by atoms with Crippen LogP contribution >= 0.6 is 0 Å². The van der Waals surface area contributed by atoms with Gasteiger partial charge in [-0.2, -0.15) is 0 Å². The van der Waals surface area contributed by atoms with Crippen LogP contribution in [0.2, 0.25) is 0 Å². The number of hydrogen-bond donors (Lipinski definition) is 4. The fourth-order valence-electron chi connectivity index (χ4n) is 4.31. The molecule has 0 spiro atoms. The number of hydrogen-bond acceptors (Lipinski definition) is 5. The molecule has 2 aromatic carbocycles. The molecule has 0 unspecified atom stereocenters. The van der Waals surface area contributed by atoms with Gasteiger partial charge in [0.05, 0.1) is 24.3 Å². The summed E-state index contributed by atoms with van der Waals surface area (Å²) >= 11 is 0. The van der Waals surface area contributed by atoms with Crippen molar-refractivity contribution in [2.45, 2.75) is 76.3 Å². The molecule has 0 saturated heterocycles. The van der Waals surface area contributed by atoms with E-state index in [-0.39, 0.29) is 12.3 Å². The van der Waals surface area contributed by atoms with Gasteiger partial charge < -0.3 is 25.6 Å². The lowest BCUT2D eigenvalue weighted by Crippen LogP contribution is -2.49. The summed E-state index contributed by atoms with van der Waals surface area (Å²) in [4.78, 5) is 25.9. The zero-order chi connectivity index (χ0) is 26.1. The molecule has 1 aliphatic carbocycles. The second-order valence-electron chi connectivity index (χ2n) is 10.4. The van der Waals surface area contributed by atoms with Crippen molar-refractivity contribution in [1.29, 1.82) is 0 Å². The van der Waals surface area contributed by atoms with Crippen LogP contribution in [0.25, 0.3) is 0 Å². The minimum absolute atomic E-state index is 0.126. The van der Waals surface area contributed by atoms with Gasteiger partial charge in [-0.05, 0) is 57.6 Å². The van der Waals surface area contributed by atoms with Crippen LogP contribution in [0.1, 0.15) is 44.7 Å². The molecule has 4 N–H and O–H groups in total. The first-order valence-corrected chi connectivity index (χ1v) is 12.5. The van der Waals surface area contributed by atoms with E-state index in [0.717, 1.165) is 11.1 Å². The Labute approximate surface area is 213 Å². The highest BCUT2D eigenvalue weighted by Gasteiger charge is 2.32. The van der Waals surface area contributed by atoms with Crippen molar-refractivity contribution in [3.8, 4) is 0 Å². The van der Waals surface area contributed by atoms with Crippen molar-refractivity contribution in [3.63, 3.8) is 0 Å².